The molecule has 1 aromatic carbocycles. The molecular weight excluding hydrogens is 242 g/mol. The number of rotatable bonds is 2. The van der Waals surface area contributed by atoms with Crippen LogP contribution < -0.4 is 10.5 Å². The van der Waals surface area contributed by atoms with Crippen molar-refractivity contribution in [2.75, 3.05) is 12.8 Å². The number of anilines is 1. The first-order valence-electron chi connectivity index (χ1n) is 5.82. The van der Waals surface area contributed by atoms with Crippen molar-refractivity contribution >= 4 is 28.6 Å². The number of allylic oxidation sites excluding steroid dienone is 2. The number of carbonyl (C=O) groups is 1. The average Bonchev–Trinajstić information content (AvgIpc) is 2.37. The summed E-state index contributed by atoms with van der Waals surface area (Å²) in [4.78, 5) is 16.1. The minimum atomic E-state index is -0.160. The van der Waals surface area contributed by atoms with Crippen molar-refractivity contribution in [1.29, 1.82) is 5.41 Å². The fourth-order valence-corrected chi connectivity index (χ4v) is 1.79. The van der Waals surface area contributed by atoms with E-state index < -0.39 is 0 Å². The van der Waals surface area contributed by atoms with Crippen molar-refractivity contribution in [2.24, 2.45) is 4.99 Å². The Morgan fingerprint density at radius 1 is 1.42 bits per heavy atom. The van der Waals surface area contributed by atoms with E-state index in [0.29, 0.717) is 34.1 Å². The van der Waals surface area contributed by atoms with Gasteiger partial charge in [0.25, 0.3) is 0 Å². The lowest BCUT2D eigenvalue weighted by molar-refractivity contribution is -0.109. The van der Waals surface area contributed by atoms with Gasteiger partial charge < -0.3 is 15.9 Å². The van der Waals surface area contributed by atoms with E-state index in [9.17, 15) is 4.79 Å². The lowest BCUT2D eigenvalue weighted by Crippen LogP contribution is -2.22. The summed E-state index contributed by atoms with van der Waals surface area (Å²) in [6.07, 6.45) is 1.68. The van der Waals surface area contributed by atoms with Crippen molar-refractivity contribution in [3.8, 4) is 5.75 Å². The quantitative estimate of drug-likeness (QED) is 0.796. The van der Waals surface area contributed by atoms with Gasteiger partial charge >= 0.3 is 0 Å². The van der Waals surface area contributed by atoms with Crippen LogP contribution in [0.3, 0.4) is 0 Å². The summed E-state index contributed by atoms with van der Waals surface area (Å²) in [5.41, 5.74) is 8.22. The highest BCUT2D eigenvalue weighted by Gasteiger charge is 2.19. The Bertz CT molecular complexity index is 615. The third-order valence-corrected chi connectivity index (χ3v) is 2.91. The smallest absolute Gasteiger partial charge is 0.200 e. The minimum Gasteiger partial charge on any atom is -0.494 e. The zero-order valence-corrected chi connectivity index (χ0v) is 10.9. The Morgan fingerprint density at radius 2 is 2.16 bits per heavy atom. The van der Waals surface area contributed by atoms with Crippen LogP contribution in [0.1, 0.15) is 13.3 Å². The number of ether oxygens (including phenoxy) is 1. The second-order valence-electron chi connectivity index (χ2n) is 4.34. The first kappa shape index (κ1) is 13.0. The lowest BCUT2D eigenvalue weighted by atomic mass is 9.96. The standard InChI is InChI=1S/C14H15N3O2/c1-8-5-13(18)12(7-10(8)16)17-11-4-3-9(15)6-14(11)19-2/h3-6,16H,7,15H2,1-2H3. The number of nitrogens with zero attached hydrogens (tertiary/aromatic N) is 1. The van der Waals surface area contributed by atoms with Gasteiger partial charge in [0.15, 0.2) is 0 Å². The number of nitrogens with two attached hydrogens (primary N) is 1. The molecule has 19 heavy (non-hydrogen) atoms. The van der Waals surface area contributed by atoms with Crippen molar-refractivity contribution in [1.82, 2.24) is 0 Å². The molecule has 0 saturated heterocycles. The predicted octanol–water partition coefficient (Wildman–Crippen LogP) is 2.29. The normalized spacial score (nSPS) is 17.6. The highest BCUT2D eigenvalue weighted by Crippen LogP contribution is 2.30. The second kappa shape index (κ2) is 5.06. The monoisotopic (exact) mass is 257 g/mol. The Balaban J connectivity index is 2.42. The Kier molecular flexibility index (Phi) is 3.46. The maximum atomic E-state index is 11.9. The largest absolute Gasteiger partial charge is 0.494 e. The van der Waals surface area contributed by atoms with Crippen LogP contribution in [0.4, 0.5) is 11.4 Å². The lowest BCUT2D eigenvalue weighted by Gasteiger charge is -2.13. The van der Waals surface area contributed by atoms with E-state index in [1.54, 1.807) is 25.1 Å². The number of ketones is 1. The molecule has 98 valence electrons. The number of benzene rings is 1. The van der Waals surface area contributed by atoms with Gasteiger partial charge in [-0.1, -0.05) is 0 Å². The van der Waals surface area contributed by atoms with Crippen molar-refractivity contribution in [3.63, 3.8) is 0 Å². The number of nitrogen functional groups attached to an aromatic ring is 1. The number of carbonyl (C=O) groups excluding carboxylic acids is 1. The Morgan fingerprint density at radius 3 is 2.84 bits per heavy atom. The molecular formula is C14H15N3O2. The number of aliphatic imine (C=N–C) groups is 1. The first-order valence-corrected chi connectivity index (χ1v) is 5.82. The maximum absolute atomic E-state index is 11.9. The minimum absolute atomic E-state index is 0.160. The van der Waals surface area contributed by atoms with Crippen LogP contribution in [0.2, 0.25) is 0 Å². The van der Waals surface area contributed by atoms with Gasteiger partial charge in [0, 0.05) is 23.9 Å². The van der Waals surface area contributed by atoms with E-state index in [1.807, 2.05) is 0 Å². The van der Waals surface area contributed by atoms with Gasteiger partial charge in [-0.25, -0.2) is 4.99 Å². The molecule has 0 radical (unpaired) electrons. The highest BCUT2D eigenvalue weighted by molar-refractivity contribution is 6.50. The first-order chi connectivity index (χ1) is 9.01. The van der Waals surface area contributed by atoms with Gasteiger partial charge in [0.2, 0.25) is 5.78 Å². The van der Waals surface area contributed by atoms with E-state index in [1.165, 1.54) is 13.2 Å². The number of methoxy groups -OCH3 is 1. The molecule has 0 spiro atoms. The van der Waals surface area contributed by atoms with E-state index in [0.717, 1.165) is 0 Å². The molecule has 3 N–H and O–H groups in total. The maximum Gasteiger partial charge on any atom is 0.200 e. The summed E-state index contributed by atoms with van der Waals surface area (Å²) in [5.74, 6) is 0.352. The van der Waals surface area contributed by atoms with Crippen LogP contribution in [0.25, 0.3) is 0 Å². The summed E-state index contributed by atoms with van der Waals surface area (Å²) in [7, 11) is 1.52. The van der Waals surface area contributed by atoms with Gasteiger partial charge in [-0.05, 0) is 30.7 Å². The van der Waals surface area contributed by atoms with Crippen LogP contribution in [0.15, 0.2) is 34.8 Å². The average molecular weight is 257 g/mol. The molecule has 2 rings (SSSR count). The topological polar surface area (TPSA) is 88.5 Å². The molecule has 1 aliphatic rings. The molecule has 0 amide bonds. The zero-order chi connectivity index (χ0) is 14.0. The molecule has 0 heterocycles. The zero-order valence-electron chi connectivity index (χ0n) is 10.9. The SMILES string of the molecule is COc1cc(N)ccc1N=C1CC(=N)C(C)=CC1=O. The summed E-state index contributed by atoms with van der Waals surface area (Å²) in [6, 6.07) is 5.05. The van der Waals surface area contributed by atoms with Crippen LogP contribution >= 0.6 is 0 Å². The molecule has 0 aliphatic heterocycles. The molecule has 1 aromatic rings. The molecule has 5 heteroatoms. The second-order valence-corrected chi connectivity index (χ2v) is 4.34. The molecule has 1 aliphatic carbocycles. The van der Waals surface area contributed by atoms with Crippen molar-refractivity contribution < 1.29 is 9.53 Å². The Hall–Kier alpha value is -2.43. The van der Waals surface area contributed by atoms with Crippen LogP contribution in [-0.4, -0.2) is 24.3 Å². The fourth-order valence-electron chi connectivity index (χ4n) is 1.79. The van der Waals surface area contributed by atoms with Crippen LogP contribution in [-0.2, 0) is 4.79 Å². The molecule has 0 bridgehead atoms. The van der Waals surface area contributed by atoms with E-state index in [4.69, 9.17) is 15.9 Å². The predicted molar refractivity (Wildman–Crippen MR) is 75.6 cm³/mol. The Labute approximate surface area is 111 Å². The number of hydrogen-bond donors (Lipinski definition) is 2. The summed E-state index contributed by atoms with van der Waals surface area (Å²) in [5, 5.41) is 7.76. The van der Waals surface area contributed by atoms with E-state index in [2.05, 4.69) is 4.99 Å². The van der Waals surface area contributed by atoms with Crippen LogP contribution in [0, 0.1) is 5.41 Å². The van der Waals surface area contributed by atoms with Crippen molar-refractivity contribution in [2.45, 2.75) is 13.3 Å². The third-order valence-electron chi connectivity index (χ3n) is 2.91. The summed E-state index contributed by atoms with van der Waals surface area (Å²) >= 11 is 0. The molecule has 0 aromatic heterocycles. The van der Waals surface area contributed by atoms with Gasteiger partial charge in [0.1, 0.15) is 11.4 Å². The van der Waals surface area contributed by atoms with Gasteiger partial charge in [-0.2, -0.15) is 0 Å². The van der Waals surface area contributed by atoms with E-state index >= 15 is 0 Å². The molecule has 0 atom stereocenters. The molecule has 0 unspecified atom stereocenters. The molecule has 0 saturated carbocycles. The molecule has 0 fully saturated rings. The van der Waals surface area contributed by atoms with E-state index in [-0.39, 0.29) is 12.2 Å². The number of nitrogens with one attached hydrogen (secondary N) is 1. The highest BCUT2D eigenvalue weighted by atomic mass is 16.5. The van der Waals surface area contributed by atoms with Gasteiger partial charge in [-0.3, -0.25) is 4.79 Å². The summed E-state index contributed by atoms with van der Waals surface area (Å²) in [6.45, 7) is 1.75. The third kappa shape index (κ3) is 2.70. The fraction of sp³-hybridized carbons (Fsp3) is 0.214. The van der Waals surface area contributed by atoms with Gasteiger partial charge in [0.05, 0.1) is 12.8 Å². The van der Waals surface area contributed by atoms with Crippen LogP contribution in [0.5, 0.6) is 5.75 Å². The number of hydrogen-bond acceptors (Lipinski definition) is 5. The summed E-state index contributed by atoms with van der Waals surface area (Å²) < 4.78 is 5.18. The molecule has 5 nitrogen and oxygen atoms in total. The van der Waals surface area contributed by atoms with Gasteiger partial charge in [-0.15, -0.1) is 0 Å². The van der Waals surface area contributed by atoms with Crippen molar-refractivity contribution in [3.05, 3.63) is 29.8 Å².